The molecule has 1 aromatic heterocycles. The number of rotatable bonds is 2. The molecule has 2 heterocycles. The number of amides is 1. The first kappa shape index (κ1) is 14.3. The number of ketones is 1. The monoisotopic (exact) mass is 306 g/mol. The molecule has 0 saturated heterocycles. The number of carbonyl (C=O) groups excluding carboxylic acids is 2. The van der Waals surface area contributed by atoms with Crippen LogP contribution in [0.1, 0.15) is 52.5 Å². The van der Waals surface area contributed by atoms with Crippen molar-refractivity contribution < 1.29 is 14.0 Å². The van der Waals surface area contributed by atoms with Crippen molar-refractivity contribution in [3.63, 3.8) is 0 Å². The lowest BCUT2D eigenvalue weighted by Crippen LogP contribution is -2.38. The fourth-order valence-corrected chi connectivity index (χ4v) is 3.49. The molecule has 2 N–H and O–H groups in total. The van der Waals surface area contributed by atoms with Gasteiger partial charge in [-0.3, -0.25) is 9.59 Å². The Morgan fingerprint density at radius 3 is 2.90 bits per heavy atom. The maximum Gasteiger partial charge on any atom is 0.289 e. The predicted octanol–water partition coefficient (Wildman–Crippen LogP) is 2.56. The molecule has 1 atom stereocenters. The summed E-state index contributed by atoms with van der Waals surface area (Å²) < 4.78 is 5.72. The third-order valence-corrected chi connectivity index (χ3v) is 4.59. The number of hydrogen-bond donors (Lipinski definition) is 2. The molecule has 0 spiro atoms. The lowest BCUT2D eigenvalue weighted by Gasteiger charge is -2.27. The lowest BCUT2D eigenvalue weighted by atomic mass is 9.76. The smallest absolute Gasteiger partial charge is 0.289 e. The highest BCUT2D eigenvalue weighted by Crippen LogP contribution is 2.38. The molecule has 1 aliphatic carbocycles. The fraction of sp³-hybridized carbons (Fsp3) is 0.467. The van der Waals surface area contributed by atoms with Gasteiger partial charge in [-0.1, -0.05) is 25.6 Å². The van der Waals surface area contributed by atoms with Gasteiger partial charge in [0.25, 0.3) is 5.91 Å². The minimum Gasteiger partial charge on any atom is -0.455 e. The van der Waals surface area contributed by atoms with Crippen LogP contribution in [-0.2, 0) is 6.42 Å². The summed E-state index contributed by atoms with van der Waals surface area (Å²) in [5.41, 5.74) is 0.948. The van der Waals surface area contributed by atoms with Crippen molar-refractivity contribution in [1.82, 2.24) is 10.6 Å². The summed E-state index contributed by atoms with van der Waals surface area (Å²) in [6.45, 7) is 5.85. The van der Waals surface area contributed by atoms with Gasteiger partial charge >= 0.3 is 0 Å². The highest BCUT2D eigenvalue weighted by molar-refractivity contribution is 8.02. The molecule has 1 aliphatic heterocycles. The summed E-state index contributed by atoms with van der Waals surface area (Å²) in [5, 5.41) is 7.70. The molecule has 0 saturated carbocycles. The number of hydrogen-bond acceptors (Lipinski definition) is 5. The van der Waals surface area contributed by atoms with E-state index in [1.165, 1.54) is 11.8 Å². The summed E-state index contributed by atoms with van der Waals surface area (Å²) in [4.78, 5) is 24.6. The molecular weight excluding hydrogens is 288 g/mol. The molecule has 0 radical (unpaired) electrons. The molecule has 2 aliphatic rings. The first-order valence-electron chi connectivity index (χ1n) is 6.90. The van der Waals surface area contributed by atoms with Gasteiger partial charge in [0.1, 0.15) is 5.76 Å². The van der Waals surface area contributed by atoms with Crippen molar-refractivity contribution in [3.05, 3.63) is 34.3 Å². The van der Waals surface area contributed by atoms with Crippen LogP contribution in [0.2, 0.25) is 0 Å². The Labute approximate surface area is 127 Å². The van der Waals surface area contributed by atoms with Gasteiger partial charge in [-0.15, -0.1) is 0 Å². The van der Waals surface area contributed by atoms with Crippen LogP contribution in [0.5, 0.6) is 0 Å². The average Bonchev–Trinajstić information content (AvgIpc) is 2.95. The van der Waals surface area contributed by atoms with Crippen molar-refractivity contribution >= 4 is 23.5 Å². The molecular formula is C15H18N2O3S. The normalized spacial score (nSPS) is 22.8. The number of carbonyl (C=O) groups is 2. The van der Waals surface area contributed by atoms with Crippen LogP contribution in [0.4, 0.5) is 0 Å². The maximum atomic E-state index is 12.3. The van der Waals surface area contributed by atoms with E-state index in [9.17, 15) is 9.59 Å². The Morgan fingerprint density at radius 1 is 1.48 bits per heavy atom. The zero-order valence-electron chi connectivity index (χ0n) is 12.3. The van der Waals surface area contributed by atoms with E-state index in [-0.39, 0.29) is 28.4 Å². The van der Waals surface area contributed by atoms with E-state index in [0.717, 1.165) is 0 Å². The fourth-order valence-electron chi connectivity index (χ4n) is 2.84. The second-order valence-corrected chi connectivity index (χ2v) is 7.27. The van der Waals surface area contributed by atoms with Crippen molar-refractivity contribution in [1.29, 1.82) is 0 Å². The largest absolute Gasteiger partial charge is 0.455 e. The van der Waals surface area contributed by atoms with Gasteiger partial charge in [-0.2, -0.15) is 0 Å². The third kappa shape index (κ3) is 2.60. The van der Waals surface area contributed by atoms with E-state index < -0.39 is 0 Å². The summed E-state index contributed by atoms with van der Waals surface area (Å²) in [6, 6.07) is 0. The molecule has 21 heavy (non-hydrogen) atoms. The maximum absolute atomic E-state index is 12.3. The number of furan rings is 1. The minimum atomic E-state index is -0.291. The van der Waals surface area contributed by atoms with Gasteiger partial charge < -0.3 is 15.1 Å². The van der Waals surface area contributed by atoms with Gasteiger partial charge in [-0.05, 0) is 17.7 Å². The van der Waals surface area contributed by atoms with E-state index >= 15 is 0 Å². The average molecular weight is 306 g/mol. The van der Waals surface area contributed by atoms with Crippen LogP contribution in [-0.4, -0.2) is 17.2 Å². The first-order chi connectivity index (χ1) is 9.87. The van der Waals surface area contributed by atoms with Gasteiger partial charge in [0.05, 0.1) is 5.56 Å². The molecule has 0 unspecified atom stereocenters. The Balaban J connectivity index is 1.87. The second-order valence-electron chi connectivity index (χ2n) is 6.25. The van der Waals surface area contributed by atoms with Gasteiger partial charge in [0, 0.05) is 24.6 Å². The summed E-state index contributed by atoms with van der Waals surface area (Å²) in [5.74, 6) is 0.669. The van der Waals surface area contributed by atoms with Crippen LogP contribution < -0.4 is 10.6 Å². The summed E-state index contributed by atoms with van der Waals surface area (Å²) >= 11 is 1.47. The van der Waals surface area contributed by atoms with E-state index in [1.807, 2.05) is 19.3 Å². The van der Waals surface area contributed by atoms with Crippen molar-refractivity contribution in [2.75, 3.05) is 0 Å². The van der Waals surface area contributed by atoms with Crippen LogP contribution in [0.3, 0.4) is 0 Å². The Bertz CT molecular complexity index is 638. The highest BCUT2D eigenvalue weighted by Gasteiger charge is 2.37. The third-order valence-electron chi connectivity index (χ3n) is 3.78. The number of thioether (sulfide) groups is 1. The van der Waals surface area contributed by atoms with Gasteiger partial charge in [-0.25, -0.2) is 0 Å². The molecule has 5 nitrogen and oxygen atoms in total. The zero-order chi connectivity index (χ0) is 15.2. The standard InChI is InChI=1S/C15H18N2O3S/c1-8-11-9(18)6-15(2,3)7-10(11)20-12(8)13(19)17-14-16-4-5-21-14/h4-5,14,16H,6-7H2,1-3H3,(H,17,19)/t14-/m1/s1. The quantitative estimate of drug-likeness (QED) is 0.878. The number of nitrogens with one attached hydrogen (secondary N) is 2. The SMILES string of the molecule is Cc1c(C(=O)N[C@H]2NC=CS2)oc2c1C(=O)CC(C)(C)C2. The van der Waals surface area contributed by atoms with Gasteiger partial charge in [0.2, 0.25) is 0 Å². The Kier molecular flexibility index (Phi) is 3.36. The first-order valence-corrected chi connectivity index (χ1v) is 7.84. The summed E-state index contributed by atoms with van der Waals surface area (Å²) in [6.07, 6.45) is 2.95. The Hall–Kier alpha value is -1.69. The van der Waals surface area contributed by atoms with E-state index in [0.29, 0.717) is 29.7 Å². The number of fused-ring (bicyclic) bond motifs is 1. The molecule has 1 aromatic rings. The molecule has 112 valence electrons. The lowest BCUT2D eigenvalue weighted by molar-refractivity contribution is 0.0887. The Morgan fingerprint density at radius 2 is 2.24 bits per heavy atom. The second kappa shape index (κ2) is 4.94. The molecule has 6 heteroatoms. The molecule has 1 amide bonds. The highest BCUT2D eigenvalue weighted by atomic mass is 32.2. The van der Waals surface area contributed by atoms with Crippen LogP contribution in [0.15, 0.2) is 16.0 Å². The number of Topliss-reactive ketones (excluding diaryl/α,β-unsaturated/α-hetero) is 1. The van der Waals surface area contributed by atoms with Crippen molar-refractivity contribution in [2.45, 2.75) is 39.1 Å². The van der Waals surface area contributed by atoms with Crippen LogP contribution >= 0.6 is 11.8 Å². The van der Waals surface area contributed by atoms with Gasteiger partial charge in [0.15, 0.2) is 17.0 Å². The molecule has 3 rings (SSSR count). The topological polar surface area (TPSA) is 71.3 Å². The summed E-state index contributed by atoms with van der Waals surface area (Å²) in [7, 11) is 0. The van der Waals surface area contributed by atoms with Crippen molar-refractivity contribution in [3.8, 4) is 0 Å². The molecule has 0 bridgehead atoms. The molecule has 0 fully saturated rings. The van der Waals surface area contributed by atoms with E-state index in [4.69, 9.17) is 4.42 Å². The van der Waals surface area contributed by atoms with E-state index in [2.05, 4.69) is 10.6 Å². The van der Waals surface area contributed by atoms with Crippen LogP contribution in [0.25, 0.3) is 0 Å². The molecule has 0 aromatic carbocycles. The van der Waals surface area contributed by atoms with Crippen molar-refractivity contribution in [2.24, 2.45) is 5.41 Å². The predicted molar refractivity (Wildman–Crippen MR) is 81.0 cm³/mol. The minimum absolute atomic E-state index is 0.0663. The zero-order valence-corrected chi connectivity index (χ0v) is 13.1. The van der Waals surface area contributed by atoms with E-state index in [1.54, 1.807) is 13.1 Å². The van der Waals surface area contributed by atoms with Crippen LogP contribution in [0, 0.1) is 12.3 Å².